The van der Waals surface area contributed by atoms with E-state index in [2.05, 4.69) is 4.74 Å². The lowest BCUT2D eigenvalue weighted by atomic mass is 10.1. The third-order valence-electron chi connectivity index (χ3n) is 2.84. The molecule has 21 heavy (non-hydrogen) atoms. The number of nitro groups is 1. The first-order chi connectivity index (χ1) is 10.1. The molecule has 0 unspecified atom stereocenters. The van der Waals surface area contributed by atoms with Gasteiger partial charge in [0.25, 0.3) is 5.69 Å². The summed E-state index contributed by atoms with van der Waals surface area (Å²) >= 11 is 0. The van der Waals surface area contributed by atoms with Gasteiger partial charge in [0, 0.05) is 6.07 Å². The molecule has 0 heterocycles. The molecule has 0 saturated carbocycles. The standard InChI is InChI=1S/C15H13NO5/c1-20-15(17)11-7-8-12(14(9-11)16(18)19)10-21-13-5-3-2-4-6-13/h2-9H,10H2,1H3. The monoisotopic (exact) mass is 287 g/mol. The number of esters is 1. The zero-order valence-corrected chi connectivity index (χ0v) is 11.3. The van der Waals surface area contributed by atoms with Crippen molar-refractivity contribution in [1.82, 2.24) is 0 Å². The molecular formula is C15H13NO5. The Morgan fingerprint density at radius 1 is 1.19 bits per heavy atom. The Balaban J connectivity index is 2.22. The van der Waals surface area contributed by atoms with E-state index in [-0.39, 0.29) is 17.9 Å². The van der Waals surface area contributed by atoms with E-state index in [9.17, 15) is 14.9 Å². The van der Waals surface area contributed by atoms with Crippen molar-refractivity contribution >= 4 is 11.7 Å². The summed E-state index contributed by atoms with van der Waals surface area (Å²) in [4.78, 5) is 22.0. The Morgan fingerprint density at radius 3 is 2.52 bits per heavy atom. The second kappa shape index (κ2) is 6.51. The number of benzene rings is 2. The number of rotatable bonds is 5. The molecule has 0 amide bonds. The SMILES string of the molecule is COC(=O)c1ccc(COc2ccccc2)c([N+](=O)[O-])c1. The fourth-order valence-corrected chi connectivity index (χ4v) is 1.78. The minimum atomic E-state index is -0.617. The summed E-state index contributed by atoms with van der Waals surface area (Å²) in [5, 5.41) is 11.1. The van der Waals surface area contributed by atoms with Crippen LogP contribution in [0.2, 0.25) is 0 Å². The summed E-state index contributed by atoms with van der Waals surface area (Å²) < 4.78 is 10.0. The largest absolute Gasteiger partial charge is 0.489 e. The van der Waals surface area contributed by atoms with Crippen LogP contribution < -0.4 is 4.74 Å². The first-order valence-corrected chi connectivity index (χ1v) is 6.15. The summed E-state index contributed by atoms with van der Waals surface area (Å²) in [6.07, 6.45) is 0. The van der Waals surface area contributed by atoms with Crippen molar-refractivity contribution in [2.75, 3.05) is 7.11 Å². The van der Waals surface area contributed by atoms with E-state index in [4.69, 9.17) is 4.74 Å². The molecule has 0 bridgehead atoms. The average Bonchev–Trinajstić information content (AvgIpc) is 2.52. The van der Waals surface area contributed by atoms with E-state index in [0.717, 1.165) is 0 Å². The third kappa shape index (κ3) is 3.56. The van der Waals surface area contributed by atoms with Crippen LogP contribution in [0, 0.1) is 10.1 Å². The molecular weight excluding hydrogens is 274 g/mol. The highest BCUT2D eigenvalue weighted by Crippen LogP contribution is 2.22. The van der Waals surface area contributed by atoms with E-state index in [1.165, 1.54) is 25.3 Å². The molecule has 6 heteroatoms. The molecule has 6 nitrogen and oxygen atoms in total. The van der Waals surface area contributed by atoms with Crippen LogP contribution in [0.15, 0.2) is 48.5 Å². The van der Waals surface area contributed by atoms with E-state index in [1.54, 1.807) is 12.1 Å². The first kappa shape index (κ1) is 14.5. The molecule has 0 aliphatic heterocycles. The van der Waals surface area contributed by atoms with Crippen molar-refractivity contribution in [3.63, 3.8) is 0 Å². The number of hydrogen-bond acceptors (Lipinski definition) is 5. The van der Waals surface area contributed by atoms with Crippen molar-refractivity contribution in [2.45, 2.75) is 6.61 Å². The number of nitro benzene ring substituents is 1. The van der Waals surface area contributed by atoms with Crippen molar-refractivity contribution < 1.29 is 19.2 Å². The molecule has 2 rings (SSSR count). The van der Waals surface area contributed by atoms with E-state index >= 15 is 0 Å². The Kier molecular flexibility index (Phi) is 4.50. The zero-order valence-electron chi connectivity index (χ0n) is 11.3. The van der Waals surface area contributed by atoms with Gasteiger partial charge in [-0.15, -0.1) is 0 Å². The van der Waals surface area contributed by atoms with Gasteiger partial charge in [0.05, 0.1) is 23.2 Å². The molecule has 0 aliphatic rings. The molecule has 0 N–H and O–H groups in total. The third-order valence-corrected chi connectivity index (χ3v) is 2.84. The number of methoxy groups -OCH3 is 1. The minimum Gasteiger partial charge on any atom is -0.489 e. The molecule has 0 saturated heterocycles. The highest BCUT2D eigenvalue weighted by Gasteiger charge is 2.18. The van der Waals surface area contributed by atoms with Gasteiger partial charge in [-0.25, -0.2) is 4.79 Å². The quantitative estimate of drug-likeness (QED) is 0.480. The fraction of sp³-hybridized carbons (Fsp3) is 0.133. The lowest BCUT2D eigenvalue weighted by molar-refractivity contribution is -0.385. The van der Waals surface area contributed by atoms with Gasteiger partial charge in [-0.2, -0.15) is 0 Å². The topological polar surface area (TPSA) is 78.7 Å². The number of carbonyl (C=O) groups excluding carboxylic acids is 1. The lowest BCUT2D eigenvalue weighted by Gasteiger charge is -2.07. The summed E-state index contributed by atoms with van der Waals surface area (Å²) in [6, 6.07) is 13.1. The Labute approximate surface area is 121 Å². The predicted octanol–water partition coefficient (Wildman–Crippen LogP) is 2.96. The van der Waals surface area contributed by atoms with Crippen LogP contribution in [-0.2, 0) is 11.3 Å². The van der Waals surface area contributed by atoms with Crippen molar-refractivity contribution in [3.05, 3.63) is 69.8 Å². The normalized spacial score (nSPS) is 9.95. The van der Waals surface area contributed by atoms with Crippen LogP contribution in [0.3, 0.4) is 0 Å². The molecule has 0 atom stereocenters. The maximum atomic E-state index is 11.4. The van der Waals surface area contributed by atoms with Crippen LogP contribution in [0.1, 0.15) is 15.9 Å². The van der Waals surface area contributed by atoms with Crippen LogP contribution >= 0.6 is 0 Å². The van der Waals surface area contributed by atoms with E-state index < -0.39 is 10.9 Å². The van der Waals surface area contributed by atoms with Gasteiger partial charge in [-0.3, -0.25) is 10.1 Å². The van der Waals surface area contributed by atoms with Gasteiger partial charge in [0.15, 0.2) is 0 Å². The summed E-state index contributed by atoms with van der Waals surface area (Å²) in [5.41, 5.74) is 0.345. The number of para-hydroxylation sites is 1. The van der Waals surface area contributed by atoms with E-state index in [0.29, 0.717) is 11.3 Å². The number of nitrogens with zero attached hydrogens (tertiary/aromatic N) is 1. The minimum absolute atomic E-state index is 0.0434. The highest BCUT2D eigenvalue weighted by molar-refractivity contribution is 5.90. The van der Waals surface area contributed by atoms with Crippen molar-refractivity contribution in [1.29, 1.82) is 0 Å². The lowest BCUT2D eigenvalue weighted by Crippen LogP contribution is -2.05. The van der Waals surface area contributed by atoms with Crippen LogP contribution in [0.25, 0.3) is 0 Å². The van der Waals surface area contributed by atoms with Gasteiger partial charge in [-0.1, -0.05) is 18.2 Å². The maximum absolute atomic E-state index is 11.4. The number of carbonyl (C=O) groups is 1. The summed E-state index contributed by atoms with van der Waals surface area (Å²) in [5.74, 6) is -0.00234. The molecule has 0 spiro atoms. The zero-order chi connectivity index (χ0) is 15.2. The van der Waals surface area contributed by atoms with Crippen molar-refractivity contribution in [2.24, 2.45) is 0 Å². The maximum Gasteiger partial charge on any atom is 0.338 e. The molecule has 0 fully saturated rings. The first-order valence-electron chi connectivity index (χ1n) is 6.15. The number of hydrogen-bond donors (Lipinski definition) is 0. The van der Waals surface area contributed by atoms with Gasteiger partial charge < -0.3 is 9.47 Å². The average molecular weight is 287 g/mol. The Bertz CT molecular complexity index is 654. The fourth-order valence-electron chi connectivity index (χ4n) is 1.78. The van der Waals surface area contributed by atoms with Crippen LogP contribution in [-0.4, -0.2) is 18.0 Å². The number of ether oxygens (including phenoxy) is 2. The summed E-state index contributed by atoms with van der Waals surface area (Å²) in [7, 11) is 1.22. The molecule has 0 aliphatic carbocycles. The predicted molar refractivity (Wildman–Crippen MR) is 75.2 cm³/mol. The van der Waals surface area contributed by atoms with Gasteiger partial charge in [0.2, 0.25) is 0 Å². The molecule has 2 aromatic carbocycles. The Hall–Kier alpha value is -2.89. The molecule has 0 aromatic heterocycles. The molecule has 0 radical (unpaired) electrons. The second-order valence-electron chi connectivity index (χ2n) is 4.19. The van der Waals surface area contributed by atoms with Gasteiger partial charge in [-0.05, 0) is 24.3 Å². The highest BCUT2D eigenvalue weighted by atomic mass is 16.6. The van der Waals surface area contributed by atoms with Crippen LogP contribution in [0.5, 0.6) is 5.75 Å². The second-order valence-corrected chi connectivity index (χ2v) is 4.19. The van der Waals surface area contributed by atoms with E-state index in [1.807, 2.05) is 18.2 Å². The smallest absolute Gasteiger partial charge is 0.338 e. The van der Waals surface area contributed by atoms with Gasteiger partial charge >= 0.3 is 5.97 Å². The summed E-state index contributed by atoms with van der Waals surface area (Å²) in [6.45, 7) is 0.0434. The molecule has 2 aromatic rings. The van der Waals surface area contributed by atoms with Crippen molar-refractivity contribution in [3.8, 4) is 5.75 Å². The molecule has 108 valence electrons. The van der Waals surface area contributed by atoms with Gasteiger partial charge in [0.1, 0.15) is 12.4 Å². The van der Waals surface area contributed by atoms with Crippen LogP contribution in [0.4, 0.5) is 5.69 Å². The Morgan fingerprint density at radius 2 is 1.90 bits per heavy atom.